The third-order valence-corrected chi connectivity index (χ3v) is 2.35. The summed E-state index contributed by atoms with van der Waals surface area (Å²) in [6.45, 7) is 0. The third-order valence-electron chi connectivity index (χ3n) is 1.61. The molecule has 0 heterocycles. The van der Waals surface area contributed by atoms with Crippen LogP contribution in [0.4, 0.5) is 26.3 Å². The molecule has 0 saturated carbocycles. The molecule has 1 rings (SSSR count). The standard InChI is InChI=1S/C9H4F6OS/c10-8(11,12)7(16)5-1-3-6(4-2-5)17-9(13,14)15/h1-4H. The Morgan fingerprint density at radius 3 is 1.76 bits per heavy atom. The Bertz CT molecular complexity index is 405. The number of halogens is 6. The summed E-state index contributed by atoms with van der Waals surface area (Å²) in [5.74, 6) is -2.08. The Labute approximate surface area is 95.8 Å². The summed E-state index contributed by atoms with van der Waals surface area (Å²) in [5, 5.41) is 0. The number of benzene rings is 1. The minimum atomic E-state index is -5.03. The van der Waals surface area contributed by atoms with Gasteiger partial charge in [0.2, 0.25) is 0 Å². The summed E-state index contributed by atoms with van der Waals surface area (Å²) in [5.41, 5.74) is -5.21. The molecule has 0 unspecified atom stereocenters. The van der Waals surface area contributed by atoms with Crippen LogP contribution in [0.3, 0.4) is 0 Å². The van der Waals surface area contributed by atoms with Gasteiger partial charge in [-0.2, -0.15) is 26.3 Å². The fourth-order valence-corrected chi connectivity index (χ4v) is 1.51. The lowest BCUT2D eigenvalue weighted by Gasteiger charge is -2.07. The van der Waals surface area contributed by atoms with Gasteiger partial charge in [-0.15, -0.1) is 0 Å². The van der Waals surface area contributed by atoms with Crippen molar-refractivity contribution in [1.82, 2.24) is 0 Å². The number of Topliss-reactive ketones (excluding diaryl/α,β-unsaturated/α-hetero) is 1. The van der Waals surface area contributed by atoms with E-state index in [2.05, 4.69) is 0 Å². The van der Waals surface area contributed by atoms with Gasteiger partial charge in [-0.05, 0) is 36.0 Å². The second-order valence-electron chi connectivity index (χ2n) is 2.90. The quantitative estimate of drug-likeness (QED) is 0.460. The van der Waals surface area contributed by atoms with Gasteiger partial charge >= 0.3 is 11.7 Å². The van der Waals surface area contributed by atoms with Crippen molar-refractivity contribution in [3.63, 3.8) is 0 Å². The van der Waals surface area contributed by atoms with Crippen molar-refractivity contribution < 1.29 is 31.1 Å². The summed E-state index contributed by atoms with van der Waals surface area (Å²) < 4.78 is 71.6. The molecule has 0 N–H and O–H groups in total. The summed E-state index contributed by atoms with van der Waals surface area (Å²) in [4.78, 5) is 10.4. The molecule has 1 nitrogen and oxygen atoms in total. The molecular weight excluding hydrogens is 270 g/mol. The van der Waals surface area contributed by atoms with Gasteiger partial charge in [-0.25, -0.2) is 0 Å². The van der Waals surface area contributed by atoms with E-state index in [4.69, 9.17) is 0 Å². The van der Waals surface area contributed by atoms with E-state index in [0.717, 1.165) is 12.1 Å². The van der Waals surface area contributed by atoms with Crippen molar-refractivity contribution in [3.8, 4) is 0 Å². The zero-order valence-electron chi connectivity index (χ0n) is 7.89. The number of hydrogen-bond donors (Lipinski definition) is 0. The molecule has 0 saturated heterocycles. The first-order chi connectivity index (χ1) is 7.59. The zero-order chi connectivity index (χ0) is 13.3. The first kappa shape index (κ1) is 13.9. The van der Waals surface area contributed by atoms with Crippen LogP contribution in [-0.4, -0.2) is 17.5 Å². The van der Waals surface area contributed by atoms with Gasteiger partial charge in [0.15, 0.2) is 0 Å². The van der Waals surface area contributed by atoms with E-state index >= 15 is 0 Å². The summed E-state index contributed by atoms with van der Waals surface area (Å²) in [6, 6.07) is 3.06. The maximum atomic E-state index is 12.0. The molecule has 0 aliphatic carbocycles. The van der Waals surface area contributed by atoms with Crippen molar-refractivity contribution in [3.05, 3.63) is 29.8 Å². The molecule has 0 amide bonds. The third kappa shape index (κ3) is 4.29. The molecule has 0 bridgehead atoms. The lowest BCUT2D eigenvalue weighted by Crippen LogP contribution is -2.22. The molecule has 8 heteroatoms. The van der Waals surface area contributed by atoms with Gasteiger partial charge in [0.25, 0.3) is 5.78 Å². The number of hydrogen-bond acceptors (Lipinski definition) is 2. The largest absolute Gasteiger partial charge is 0.454 e. The fourth-order valence-electron chi connectivity index (χ4n) is 0.972. The van der Waals surface area contributed by atoms with E-state index < -0.39 is 34.8 Å². The number of alkyl halides is 6. The van der Waals surface area contributed by atoms with Gasteiger partial charge < -0.3 is 0 Å². The molecule has 94 valence electrons. The molecule has 1 aromatic rings. The Balaban J connectivity index is 2.86. The van der Waals surface area contributed by atoms with E-state index in [0.29, 0.717) is 12.1 Å². The van der Waals surface area contributed by atoms with Crippen LogP contribution in [-0.2, 0) is 0 Å². The summed E-state index contributed by atoms with van der Waals surface area (Å²) >= 11 is -0.464. The van der Waals surface area contributed by atoms with E-state index in [1.54, 1.807) is 0 Å². The molecule has 0 aromatic heterocycles. The van der Waals surface area contributed by atoms with Gasteiger partial charge in [0.05, 0.1) is 0 Å². The number of rotatable bonds is 2. The highest BCUT2D eigenvalue weighted by Gasteiger charge is 2.39. The zero-order valence-corrected chi connectivity index (χ0v) is 8.71. The van der Waals surface area contributed by atoms with Crippen molar-refractivity contribution in [1.29, 1.82) is 0 Å². The lowest BCUT2D eigenvalue weighted by atomic mass is 10.1. The molecule has 17 heavy (non-hydrogen) atoms. The predicted molar refractivity (Wildman–Crippen MR) is 48.7 cm³/mol. The topological polar surface area (TPSA) is 17.1 Å². The van der Waals surface area contributed by atoms with Gasteiger partial charge in [-0.1, -0.05) is 0 Å². The Kier molecular flexibility index (Phi) is 3.75. The first-order valence-corrected chi connectivity index (χ1v) is 4.88. The van der Waals surface area contributed by atoms with Crippen LogP contribution in [0.1, 0.15) is 10.4 Å². The molecular formula is C9H4F6OS. The minimum absolute atomic E-state index is 0.281. The van der Waals surface area contributed by atoms with Crippen LogP contribution in [0.25, 0.3) is 0 Å². The summed E-state index contributed by atoms with van der Waals surface area (Å²) in [7, 11) is 0. The molecule has 0 atom stereocenters. The van der Waals surface area contributed by atoms with Crippen molar-refractivity contribution in [2.24, 2.45) is 0 Å². The number of thioether (sulfide) groups is 1. The van der Waals surface area contributed by atoms with E-state index in [1.165, 1.54) is 0 Å². The van der Waals surface area contributed by atoms with Gasteiger partial charge in [-0.3, -0.25) is 4.79 Å². The average molecular weight is 274 g/mol. The highest BCUT2D eigenvalue weighted by atomic mass is 32.2. The van der Waals surface area contributed by atoms with Crippen LogP contribution in [0.5, 0.6) is 0 Å². The monoisotopic (exact) mass is 274 g/mol. The smallest absolute Gasteiger partial charge is 0.284 e. The first-order valence-electron chi connectivity index (χ1n) is 4.07. The molecule has 1 aromatic carbocycles. The SMILES string of the molecule is O=C(c1ccc(SC(F)(F)F)cc1)C(F)(F)F. The molecule has 0 spiro atoms. The molecule has 0 radical (unpaired) electrons. The van der Waals surface area contributed by atoms with Crippen LogP contribution < -0.4 is 0 Å². The second-order valence-corrected chi connectivity index (χ2v) is 4.04. The van der Waals surface area contributed by atoms with E-state index in [9.17, 15) is 31.1 Å². The Morgan fingerprint density at radius 1 is 0.941 bits per heavy atom. The minimum Gasteiger partial charge on any atom is -0.284 e. The van der Waals surface area contributed by atoms with Crippen LogP contribution in [0.2, 0.25) is 0 Å². The second kappa shape index (κ2) is 4.59. The number of ketones is 1. The highest BCUT2D eigenvalue weighted by Crippen LogP contribution is 2.37. The van der Waals surface area contributed by atoms with Crippen molar-refractivity contribution in [2.45, 2.75) is 16.6 Å². The fraction of sp³-hybridized carbons (Fsp3) is 0.222. The Hall–Kier alpha value is -1.18. The highest BCUT2D eigenvalue weighted by molar-refractivity contribution is 8.00. The van der Waals surface area contributed by atoms with Crippen molar-refractivity contribution >= 4 is 17.5 Å². The molecule has 0 aliphatic heterocycles. The summed E-state index contributed by atoms with van der Waals surface area (Å²) in [6.07, 6.45) is -5.03. The maximum absolute atomic E-state index is 12.0. The van der Waals surface area contributed by atoms with E-state index in [1.807, 2.05) is 0 Å². The molecule has 0 aliphatic rings. The van der Waals surface area contributed by atoms with E-state index in [-0.39, 0.29) is 4.90 Å². The van der Waals surface area contributed by atoms with Crippen LogP contribution >= 0.6 is 11.8 Å². The van der Waals surface area contributed by atoms with Gasteiger partial charge in [0.1, 0.15) is 0 Å². The van der Waals surface area contributed by atoms with Crippen LogP contribution in [0, 0.1) is 0 Å². The predicted octanol–water partition coefficient (Wildman–Crippen LogP) is 4.04. The lowest BCUT2D eigenvalue weighted by molar-refractivity contribution is -0.0885. The Morgan fingerprint density at radius 2 is 1.41 bits per heavy atom. The van der Waals surface area contributed by atoms with Crippen molar-refractivity contribution in [2.75, 3.05) is 0 Å². The van der Waals surface area contributed by atoms with Crippen LogP contribution in [0.15, 0.2) is 29.2 Å². The maximum Gasteiger partial charge on any atom is 0.454 e. The number of carbonyl (C=O) groups is 1. The average Bonchev–Trinajstić information content (AvgIpc) is 2.14. The normalized spacial score (nSPS) is 12.6. The molecule has 0 fully saturated rings. The van der Waals surface area contributed by atoms with Gasteiger partial charge in [0, 0.05) is 10.5 Å². The number of carbonyl (C=O) groups excluding carboxylic acids is 1.